The molecule has 2 aliphatic heterocycles. The lowest BCUT2D eigenvalue weighted by Crippen LogP contribution is -2.37. The Hall–Kier alpha value is -2.23. The number of anilines is 1. The number of carbonyl (C=O) groups excluding carboxylic acids is 2. The Labute approximate surface area is 183 Å². The second kappa shape index (κ2) is 7.43. The molecular formula is C22H29N3O5S. The van der Waals surface area contributed by atoms with Crippen molar-refractivity contribution in [1.82, 2.24) is 9.21 Å². The minimum absolute atomic E-state index is 0.0147. The monoisotopic (exact) mass is 447 g/mol. The van der Waals surface area contributed by atoms with Crippen molar-refractivity contribution in [3.8, 4) is 0 Å². The molecule has 2 N–H and O–H groups in total. The van der Waals surface area contributed by atoms with E-state index in [1.807, 2.05) is 0 Å². The molecule has 2 heterocycles. The first-order chi connectivity index (χ1) is 14.4. The van der Waals surface area contributed by atoms with Gasteiger partial charge in [-0.05, 0) is 48.3 Å². The lowest BCUT2D eigenvalue weighted by molar-refractivity contribution is -0.137. The average Bonchev–Trinajstić information content (AvgIpc) is 3.08. The predicted molar refractivity (Wildman–Crippen MR) is 115 cm³/mol. The maximum atomic E-state index is 13.5. The molecule has 2 bridgehead atoms. The van der Waals surface area contributed by atoms with Crippen LogP contribution in [0.5, 0.6) is 0 Å². The number of hydrogen-bond acceptors (Lipinski definition) is 6. The highest BCUT2D eigenvalue weighted by molar-refractivity contribution is 7.89. The van der Waals surface area contributed by atoms with Gasteiger partial charge < -0.3 is 10.4 Å². The molecule has 4 rings (SSSR count). The molecule has 0 spiro atoms. The maximum Gasteiger partial charge on any atom is 0.277 e. The predicted octanol–water partition coefficient (Wildman–Crippen LogP) is 1.93. The molecule has 1 aromatic rings. The number of aliphatic hydroxyl groups is 1. The van der Waals surface area contributed by atoms with Gasteiger partial charge in [0.15, 0.2) is 0 Å². The summed E-state index contributed by atoms with van der Waals surface area (Å²) in [6.45, 7) is 6.67. The Bertz CT molecular complexity index is 1060. The smallest absolute Gasteiger partial charge is 0.277 e. The molecule has 1 saturated heterocycles. The van der Waals surface area contributed by atoms with Crippen molar-refractivity contribution < 1.29 is 23.1 Å². The Balaban J connectivity index is 1.57. The van der Waals surface area contributed by atoms with Gasteiger partial charge in [-0.3, -0.25) is 14.5 Å². The topological polar surface area (TPSA) is 107 Å². The van der Waals surface area contributed by atoms with Crippen LogP contribution in [0.1, 0.15) is 40.0 Å². The molecular weight excluding hydrogens is 418 g/mol. The molecule has 1 aromatic carbocycles. The van der Waals surface area contributed by atoms with E-state index >= 15 is 0 Å². The van der Waals surface area contributed by atoms with Crippen LogP contribution in [-0.4, -0.2) is 60.3 Å². The molecule has 2 unspecified atom stereocenters. The first kappa shape index (κ1) is 22.0. The normalized spacial score (nSPS) is 28.2. The highest BCUT2D eigenvalue weighted by Crippen LogP contribution is 2.53. The molecule has 0 aromatic heterocycles. The first-order valence-electron chi connectivity index (χ1n) is 10.5. The van der Waals surface area contributed by atoms with Crippen LogP contribution in [0.2, 0.25) is 0 Å². The van der Waals surface area contributed by atoms with Crippen LogP contribution in [0.15, 0.2) is 40.9 Å². The second-order valence-electron chi connectivity index (χ2n) is 9.99. The van der Waals surface area contributed by atoms with Gasteiger partial charge in [0, 0.05) is 24.4 Å². The van der Waals surface area contributed by atoms with Gasteiger partial charge in [-0.1, -0.05) is 26.8 Å². The third-order valence-electron chi connectivity index (χ3n) is 6.42. The third-order valence-corrected chi connectivity index (χ3v) is 8.31. The van der Waals surface area contributed by atoms with E-state index in [0.29, 0.717) is 12.2 Å². The van der Waals surface area contributed by atoms with E-state index in [2.05, 4.69) is 26.1 Å². The number of rotatable bonds is 6. The fourth-order valence-corrected chi connectivity index (χ4v) is 7.44. The molecule has 3 aliphatic rings. The Morgan fingerprint density at radius 3 is 2.65 bits per heavy atom. The van der Waals surface area contributed by atoms with Gasteiger partial charge >= 0.3 is 0 Å². The van der Waals surface area contributed by atoms with Crippen LogP contribution in [0.3, 0.4) is 0 Å². The number of hydrogen-bond donors (Lipinski definition) is 2. The zero-order valence-corrected chi connectivity index (χ0v) is 18.9. The summed E-state index contributed by atoms with van der Waals surface area (Å²) in [7, 11) is -3.70. The Kier molecular flexibility index (Phi) is 5.27. The van der Waals surface area contributed by atoms with Gasteiger partial charge in [-0.15, -0.1) is 0 Å². The highest BCUT2D eigenvalue weighted by atomic mass is 32.2. The van der Waals surface area contributed by atoms with Crippen molar-refractivity contribution in [2.24, 2.45) is 10.8 Å². The number of fused-ring (bicyclic) bond motifs is 2. The standard InChI is InChI=1S/C22H29N3O5S/c1-21(2)11-16-12-22(3,13-21)14-25(16)31(29,30)17-6-4-5-15(9-17)23-18-10-19(27)24(7-8-26)20(18)28/h4-6,9-10,16,23,26H,7-8,11-14H2,1-3H3. The van der Waals surface area contributed by atoms with E-state index in [1.165, 1.54) is 6.07 Å². The second-order valence-corrected chi connectivity index (χ2v) is 11.9. The van der Waals surface area contributed by atoms with E-state index in [0.717, 1.165) is 30.2 Å². The van der Waals surface area contributed by atoms with Gasteiger partial charge in [0.25, 0.3) is 11.8 Å². The first-order valence-corrected chi connectivity index (χ1v) is 12.0. The number of amides is 2. The summed E-state index contributed by atoms with van der Waals surface area (Å²) in [4.78, 5) is 25.4. The molecule has 2 atom stereocenters. The largest absolute Gasteiger partial charge is 0.395 e. The van der Waals surface area contributed by atoms with Crippen molar-refractivity contribution in [1.29, 1.82) is 0 Å². The number of sulfonamides is 1. The van der Waals surface area contributed by atoms with Crippen molar-refractivity contribution >= 4 is 27.5 Å². The number of β-amino-alcohol motifs (C(OH)–C–C–N with tert-alkyl or cyclic N) is 1. The minimum atomic E-state index is -3.70. The van der Waals surface area contributed by atoms with Crippen molar-refractivity contribution in [3.05, 3.63) is 36.0 Å². The summed E-state index contributed by atoms with van der Waals surface area (Å²) in [5, 5.41) is 11.9. The van der Waals surface area contributed by atoms with Crippen LogP contribution in [0, 0.1) is 10.8 Å². The van der Waals surface area contributed by atoms with Crippen LogP contribution in [0.25, 0.3) is 0 Å². The molecule has 1 saturated carbocycles. The number of aliphatic hydroxyl groups excluding tert-OH is 1. The van der Waals surface area contributed by atoms with Crippen molar-refractivity contribution in [2.75, 3.05) is 25.0 Å². The molecule has 2 fully saturated rings. The number of nitrogens with one attached hydrogen (secondary N) is 1. The lowest BCUT2D eigenvalue weighted by Gasteiger charge is -2.39. The molecule has 31 heavy (non-hydrogen) atoms. The SMILES string of the molecule is CC1(C)CC2CC(C)(CN2S(=O)(=O)c2cccc(NC3=CC(=O)N(CCO)C3=O)c2)C1. The van der Waals surface area contributed by atoms with Crippen molar-refractivity contribution in [3.63, 3.8) is 0 Å². The van der Waals surface area contributed by atoms with Crippen LogP contribution in [0.4, 0.5) is 5.69 Å². The Morgan fingerprint density at radius 2 is 1.94 bits per heavy atom. The van der Waals surface area contributed by atoms with Gasteiger partial charge in [-0.25, -0.2) is 8.42 Å². The number of imide groups is 1. The molecule has 2 amide bonds. The summed E-state index contributed by atoms with van der Waals surface area (Å²) in [5.74, 6) is -1.05. The highest BCUT2D eigenvalue weighted by Gasteiger charge is 2.53. The summed E-state index contributed by atoms with van der Waals surface area (Å²) in [5.41, 5.74) is 0.549. The minimum Gasteiger partial charge on any atom is -0.395 e. The zero-order chi connectivity index (χ0) is 22.6. The van der Waals surface area contributed by atoms with Gasteiger partial charge in [0.2, 0.25) is 10.0 Å². The maximum absolute atomic E-state index is 13.5. The molecule has 0 radical (unpaired) electrons. The average molecular weight is 448 g/mol. The Morgan fingerprint density at radius 1 is 1.19 bits per heavy atom. The van der Waals surface area contributed by atoms with Gasteiger partial charge in [0.05, 0.1) is 18.0 Å². The van der Waals surface area contributed by atoms with Gasteiger partial charge in [0.1, 0.15) is 5.70 Å². The molecule has 8 nitrogen and oxygen atoms in total. The fraction of sp³-hybridized carbons (Fsp3) is 0.545. The molecule has 168 valence electrons. The quantitative estimate of drug-likeness (QED) is 0.646. The van der Waals surface area contributed by atoms with Crippen LogP contribution >= 0.6 is 0 Å². The number of nitrogens with zero attached hydrogens (tertiary/aromatic N) is 2. The summed E-state index contributed by atoms with van der Waals surface area (Å²) in [6, 6.07) is 6.32. The van der Waals surface area contributed by atoms with Crippen molar-refractivity contribution in [2.45, 2.75) is 51.0 Å². The van der Waals surface area contributed by atoms with E-state index in [9.17, 15) is 18.0 Å². The van der Waals surface area contributed by atoms with Crippen LogP contribution in [-0.2, 0) is 19.6 Å². The fourth-order valence-electron chi connectivity index (χ4n) is 5.62. The molecule has 9 heteroatoms. The number of benzene rings is 1. The molecule has 1 aliphatic carbocycles. The van der Waals surface area contributed by atoms with E-state index < -0.39 is 21.8 Å². The zero-order valence-electron chi connectivity index (χ0n) is 18.1. The lowest BCUT2D eigenvalue weighted by atomic mass is 9.65. The van der Waals surface area contributed by atoms with Crippen LogP contribution < -0.4 is 5.32 Å². The summed E-state index contributed by atoms with van der Waals surface area (Å²) in [6.07, 6.45) is 3.87. The summed E-state index contributed by atoms with van der Waals surface area (Å²) < 4.78 is 28.6. The summed E-state index contributed by atoms with van der Waals surface area (Å²) >= 11 is 0. The van der Waals surface area contributed by atoms with E-state index in [4.69, 9.17) is 5.11 Å². The van der Waals surface area contributed by atoms with E-state index in [-0.39, 0.29) is 40.6 Å². The van der Waals surface area contributed by atoms with Gasteiger partial charge in [-0.2, -0.15) is 4.31 Å². The van der Waals surface area contributed by atoms with E-state index in [1.54, 1.807) is 22.5 Å². The third kappa shape index (κ3) is 4.02. The number of carbonyl (C=O) groups is 2.